The van der Waals surface area contributed by atoms with Crippen molar-refractivity contribution in [3.63, 3.8) is 0 Å². The normalized spacial score (nSPS) is 34.5. The lowest BCUT2D eigenvalue weighted by Crippen LogP contribution is -2.59. The summed E-state index contributed by atoms with van der Waals surface area (Å²) in [5, 5.41) is 9.91. The molecule has 2 saturated heterocycles. The van der Waals surface area contributed by atoms with Crippen LogP contribution in [0.1, 0.15) is 83.6 Å². The average molecular weight is 494 g/mol. The molecule has 2 aromatic rings. The number of carboxylic acids is 1. The minimum absolute atomic E-state index is 0.172. The lowest BCUT2D eigenvalue weighted by Gasteiger charge is -2.55. The first-order chi connectivity index (χ1) is 17.4. The van der Waals surface area contributed by atoms with Crippen molar-refractivity contribution in [2.45, 2.75) is 108 Å². The second kappa shape index (κ2) is 9.47. The number of hydrogen-bond acceptors (Lipinski definition) is 4. The van der Waals surface area contributed by atoms with Gasteiger partial charge < -0.3 is 5.11 Å². The van der Waals surface area contributed by atoms with Crippen LogP contribution in [0.4, 0.5) is 0 Å². The summed E-state index contributed by atoms with van der Waals surface area (Å²) in [6.45, 7) is 1.91. The van der Waals surface area contributed by atoms with E-state index in [2.05, 4.69) is 11.8 Å². The van der Waals surface area contributed by atoms with Crippen molar-refractivity contribution in [3.8, 4) is 0 Å². The molecule has 2 saturated carbocycles. The zero-order chi connectivity index (χ0) is 25.0. The lowest BCUT2D eigenvalue weighted by molar-refractivity contribution is -0.137. The van der Waals surface area contributed by atoms with E-state index >= 15 is 0 Å². The number of rotatable bonds is 5. The van der Waals surface area contributed by atoms with Gasteiger partial charge in [0.25, 0.3) is 5.56 Å². The fourth-order valence-electron chi connectivity index (χ4n) is 8.68. The number of nitrogens with zero attached hydrogens (tertiary/aromatic N) is 3. The van der Waals surface area contributed by atoms with Crippen LogP contribution >= 0.6 is 0 Å². The zero-order valence-corrected chi connectivity index (χ0v) is 21.3. The van der Waals surface area contributed by atoms with Gasteiger partial charge in [-0.2, -0.15) is 0 Å². The molecule has 0 amide bonds. The highest BCUT2D eigenvalue weighted by Gasteiger charge is 2.46. The predicted molar refractivity (Wildman–Crippen MR) is 139 cm³/mol. The van der Waals surface area contributed by atoms with Gasteiger partial charge in [0, 0.05) is 24.2 Å². The molecule has 2 aliphatic carbocycles. The molecule has 1 aromatic heterocycles. The Morgan fingerprint density at radius 3 is 2.19 bits per heavy atom. The van der Waals surface area contributed by atoms with Gasteiger partial charge in [-0.3, -0.25) is 23.6 Å². The molecule has 4 unspecified atom stereocenters. The van der Waals surface area contributed by atoms with E-state index in [0.717, 1.165) is 43.4 Å². The Morgan fingerprint density at radius 2 is 1.56 bits per heavy atom. The van der Waals surface area contributed by atoms with E-state index in [1.165, 1.54) is 54.1 Å². The van der Waals surface area contributed by atoms with Gasteiger partial charge in [0.15, 0.2) is 0 Å². The first kappa shape index (κ1) is 24.0. The van der Waals surface area contributed by atoms with Crippen molar-refractivity contribution in [1.82, 2.24) is 14.0 Å². The first-order valence-corrected chi connectivity index (χ1v) is 14.2. The van der Waals surface area contributed by atoms with Gasteiger partial charge in [-0.25, -0.2) is 4.79 Å². The van der Waals surface area contributed by atoms with E-state index in [1.807, 2.05) is 0 Å². The molecule has 4 aliphatic rings. The highest BCUT2D eigenvalue weighted by atomic mass is 16.4. The van der Waals surface area contributed by atoms with E-state index in [0.29, 0.717) is 29.0 Å². The standard InChI is InChI=1S/C29H39N3O4/c1-2-18-10-19-12-20(11-18)14-23(13-19)31-21-6-5-7-22(31)16-24(15-21)32-28(35)25-8-3-4-9-26(25)30(29(32)36)17-27(33)34/h3-4,8-9,18-24H,2,5-7,10-17H2,1H3,(H,33,34)/t18-,19+,20?,21?,22?,23?,24?/m1/s1. The second-order valence-electron chi connectivity index (χ2n) is 12.1. The number of aliphatic carboxylic acids is 1. The molecule has 7 nitrogen and oxygen atoms in total. The number of carbonyl (C=O) groups is 1. The van der Waals surface area contributed by atoms with Crippen molar-refractivity contribution in [1.29, 1.82) is 0 Å². The van der Waals surface area contributed by atoms with Crippen molar-refractivity contribution >= 4 is 16.9 Å². The highest BCUT2D eigenvalue weighted by molar-refractivity contribution is 5.79. The van der Waals surface area contributed by atoms with Crippen molar-refractivity contribution in [3.05, 3.63) is 45.1 Å². The molecule has 0 radical (unpaired) electrons. The summed E-state index contributed by atoms with van der Waals surface area (Å²) in [6.07, 6.45) is 13.2. The van der Waals surface area contributed by atoms with Crippen LogP contribution in [-0.2, 0) is 11.3 Å². The van der Waals surface area contributed by atoms with Crippen LogP contribution in [0.5, 0.6) is 0 Å². The lowest BCUT2D eigenvalue weighted by atomic mass is 9.64. The number of hydrogen-bond donors (Lipinski definition) is 1. The van der Waals surface area contributed by atoms with Crippen molar-refractivity contribution < 1.29 is 9.90 Å². The van der Waals surface area contributed by atoms with Crippen LogP contribution in [0.25, 0.3) is 10.9 Å². The van der Waals surface area contributed by atoms with Crippen LogP contribution < -0.4 is 11.2 Å². The van der Waals surface area contributed by atoms with Crippen LogP contribution in [0.15, 0.2) is 33.9 Å². The summed E-state index contributed by atoms with van der Waals surface area (Å²) in [7, 11) is 0. The van der Waals surface area contributed by atoms with Crippen molar-refractivity contribution in [2.75, 3.05) is 0 Å². The maximum Gasteiger partial charge on any atom is 0.332 e. The fourth-order valence-corrected chi connectivity index (χ4v) is 8.68. The molecule has 3 heterocycles. The van der Waals surface area contributed by atoms with E-state index in [-0.39, 0.29) is 11.6 Å². The van der Waals surface area contributed by atoms with Gasteiger partial charge >= 0.3 is 11.7 Å². The zero-order valence-electron chi connectivity index (χ0n) is 21.3. The fraction of sp³-hybridized carbons (Fsp3) is 0.690. The third kappa shape index (κ3) is 4.13. The highest BCUT2D eigenvalue weighted by Crippen LogP contribution is 2.48. The van der Waals surface area contributed by atoms with Gasteiger partial charge in [-0.1, -0.05) is 31.9 Å². The summed E-state index contributed by atoms with van der Waals surface area (Å²) < 4.78 is 2.68. The molecule has 7 heteroatoms. The minimum atomic E-state index is -1.08. The smallest absolute Gasteiger partial charge is 0.332 e. The Kier molecular flexibility index (Phi) is 6.30. The SMILES string of the molecule is CC[C@H]1CC2CC(N3C4CCCC3CC(n3c(=O)c5ccccc5n(CC(=O)O)c3=O)C4)C[C@H](C2)C1. The van der Waals surface area contributed by atoms with Gasteiger partial charge in [-0.15, -0.1) is 0 Å². The van der Waals surface area contributed by atoms with Crippen LogP contribution in [0.3, 0.4) is 0 Å². The number of piperidine rings is 2. The molecular weight excluding hydrogens is 454 g/mol. The van der Waals surface area contributed by atoms with Gasteiger partial charge in [-0.05, 0) is 87.7 Å². The Labute approximate surface area is 212 Å². The van der Waals surface area contributed by atoms with E-state index in [9.17, 15) is 19.5 Å². The first-order valence-electron chi connectivity index (χ1n) is 14.2. The quantitative estimate of drug-likeness (QED) is 0.667. The Bertz CT molecular complexity index is 1240. The monoisotopic (exact) mass is 493 g/mol. The molecule has 2 aliphatic heterocycles. The summed E-state index contributed by atoms with van der Waals surface area (Å²) in [5.74, 6) is 1.55. The number of carboxylic acid groups (broad SMARTS) is 1. The largest absolute Gasteiger partial charge is 0.480 e. The molecule has 4 fully saturated rings. The second-order valence-corrected chi connectivity index (χ2v) is 12.1. The van der Waals surface area contributed by atoms with Gasteiger partial charge in [0.1, 0.15) is 6.54 Å². The Hall–Kier alpha value is -2.41. The number of aromatic nitrogens is 2. The van der Waals surface area contributed by atoms with Crippen LogP contribution in [0.2, 0.25) is 0 Å². The molecule has 36 heavy (non-hydrogen) atoms. The maximum atomic E-state index is 13.6. The van der Waals surface area contributed by atoms with Crippen molar-refractivity contribution in [2.24, 2.45) is 17.8 Å². The summed E-state index contributed by atoms with van der Waals surface area (Å²) in [6, 6.07) is 8.18. The molecule has 4 bridgehead atoms. The molecule has 6 atom stereocenters. The van der Waals surface area contributed by atoms with Crippen LogP contribution in [-0.4, -0.2) is 43.2 Å². The summed E-state index contributed by atoms with van der Waals surface area (Å²) in [5.41, 5.74) is -0.343. The van der Waals surface area contributed by atoms with Gasteiger partial charge in [0.2, 0.25) is 0 Å². The van der Waals surface area contributed by atoms with E-state index < -0.39 is 18.2 Å². The summed E-state index contributed by atoms with van der Waals surface area (Å²) in [4.78, 5) is 41.6. The molecule has 0 spiro atoms. The number of benzene rings is 1. The molecule has 1 N–H and O–H groups in total. The predicted octanol–water partition coefficient (Wildman–Crippen LogP) is 4.41. The summed E-state index contributed by atoms with van der Waals surface area (Å²) >= 11 is 0. The molecular formula is C29H39N3O4. The van der Waals surface area contributed by atoms with Gasteiger partial charge in [0.05, 0.1) is 10.9 Å². The maximum absolute atomic E-state index is 13.6. The number of fused-ring (bicyclic) bond motifs is 5. The van der Waals surface area contributed by atoms with Crippen LogP contribution in [0, 0.1) is 17.8 Å². The van der Waals surface area contributed by atoms with E-state index in [1.54, 1.807) is 24.3 Å². The minimum Gasteiger partial charge on any atom is -0.480 e. The molecule has 6 rings (SSSR count). The Morgan fingerprint density at radius 1 is 0.889 bits per heavy atom. The number of para-hydroxylation sites is 1. The van der Waals surface area contributed by atoms with E-state index in [4.69, 9.17) is 0 Å². The average Bonchev–Trinajstić information content (AvgIpc) is 2.85. The Balaban J connectivity index is 1.31. The third-order valence-electron chi connectivity index (χ3n) is 9.96. The molecule has 1 aromatic carbocycles. The third-order valence-corrected chi connectivity index (χ3v) is 9.96. The topological polar surface area (TPSA) is 84.5 Å². The molecule has 194 valence electrons.